The van der Waals surface area contributed by atoms with Crippen molar-refractivity contribution >= 4 is 17.3 Å². The Morgan fingerprint density at radius 2 is 2.14 bits per heavy atom. The smallest absolute Gasteiger partial charge is 0.312 e. The number of benzene rings is 1. The van der Waals surface area contributed by atoms with Gasteiger partial charge in [0.1, 0.15) is 0 Å². The summed E-state index contributed by atoms with van der Waals surface area (Å²) < 4.78 is 0. The highest BCUT2D eigenvalue weighted by molar-refractivity contribution is 6.32. The zero-order valence-electron chi connectivity index (χ0n) is 7.24. The van der Waals surface area contributed by atoms with E-state index < -0.39 is 10.7 Å². The highest BCUT2D eigenvalue weighted by Gasteiger charge is 2.28. The SMILES string of the molecule is O=[N+]([O-])c1cc(C2CC2)cc(Cl)c1O. The van der Waals surface area contributed by atoms with Crippen molar-refractivity contribution in [3.05, 3.63) is 32.8 Å². The highest BCUT2D eigenvalue weighted by Crippen LogP contribution is 2.45. The molecule has 0 atom stereocenters. The summed E-state index contributed by atoms with van der Waals surface area (Å²) in [5.74, 6) is -0.0622. The number of hydrogen-bond acceptors (Lipinski definition) is 3. The second-order valence-corrected chi connectivity index (χ2v) is 3.81. The average Bonchev–Trinajstić information content (AvgIpc) is 2.91. The first-order valence-corrected chi connectivity index (χ1v) is 4.64. The van der Waals surface area contributed by atoms with Crippen LogP contribution in [0.25, 0.3) is 0 Å². The fourth-order valence-corrected chi connectivity index (χ4v) is 1.62. The average molecular weight is 214 g/mol. The Balaban J connectivity index is 2.51. The van der Waals surface area contributed by atoms with Gasteiger partial charge in [-0.05, 0) is 30.4 Å². The van der Waals surface area contributed by atoms with Gasteiger partial charge >= 0.3 is 5.69 Å². The summed E-state index contributed by atoms with van der Waals surface area (Å²) >= 11 is 5.68. The first-order chi connectivity index (χ1) is 6.59. The van der Waals surface area contributed by atoms with Crippen molar-refractivity contribution in [3.63, 3.8) is 0 Å². The van der Waals surface area contributed by atoms with Crippen LogP contribution >= 0.6 is 11.6 Å². The van der Waals surface area contributed by atoms with E-state index in [0.29, 0.717) is 5.92 Å². The molecule has 1 aliphatic rings. The van der Waals surface area contributed by atoms with E-state index in [2.05, 4.69) is 0 Å². The third kappa shape index (κ3) is 1.53. The third-order valence-corrected chi connectivity index (χ3v) is 2.60. The van der Waals surface area contributed by atoms with Crippen molar-refractivity contribution in [2.24, 2.45) is 0 Å². The Morgan fingerprint density at radius 1 is 1.50 bits per heavy atom. The summed E-state index contributed by atoms with van der Waals surface area (Å²) in [5, 5.41) is 19.9. The number of nitrogens with zero attached hydrogens (tertiary/aromatic N) is 1. The summed E-state index contributed by atoms with van der Waals surface area (Å²) in [6, 6.07) is 3.00. The number of halogens is 1. The molecule has 0 aliphatic heterocycles. The molecule has 1 fully saturated rings. The standard InChI is InChI=1S/C9H8ClNO3/c10-7-3-6(5-1-2-5)4-8(9(7)12)11(13)14/h3-5,12H,1-2H2. The van der Waals surface area contributed by atoms with Crippen LogP contribution in [-0.2, 0) is 0 Å². The number of hydrogen-bond donors (Lipinski definition) is 1. The number of phenols is 1. The van der Waals surface area contributed by atoms with E-state index in [4.69, 9.17) is 11.6 Å². The van der Waals surface area contributed by atoms with Gasteiger partial charge in [0.15, 0.2) is 0 Å². The molecule has 4 nitrogen and oxygen atoms in total. The predicted molar refractivity (Wildman–Crippen MR) is 51.7 cm³/mol. The minimum Gasteiger partial charge on any atom is -0.501 e. The monoisotopic (exact) mass is 213 g/mol. The van der Waals surface area contributed by atoms with Crippen LogP contribution in [0.15, 0.2) is 12.1 Å². The molecule has 1 saturated carbocycles. The van der Waals surface area contributed by atoms with Gasteiger partial charge in [-0.15, -0.1) is 0 Å². The first-order valence-electron chi connectivity index (χ1n) is 4.26. The van der Waals surface area contributed by atoms with E-state index in [-0.39, 0.29) is 10.7 Å². The number of rotatable bonds is 2. The summed E-state index contributed by atoms with van der Waals surface area (Å²) in [4.78, 5) is 9.94. The molecule has 0 heterocycles. The van der Waals surface area contributed by atoms with Gasteiger partial charge in [0, 0.05) is 6.07 Å². The van der Waals surface area contributed by atoms with Crippen LogP contribution in [-0.4, -0.2) is 10.0 Å². The summed E-state index contributed by atoms with van der Waals surface area (Å²) in [7, 11) is 0. The molecular formula is C9H8ClNO3. The molecule has 0 radical (unpaired) electrons. The lowest BCUT2D eigenvalue weighted by Crippen LogP contribution is -1.91. The quantitative estimate of drug-likeness (QED) is 0.607. The topological polar surface area (TPSA) is 63.4 Å². The maximum atomic E-state index is 10.6. The second-order valence-electron chi connectivity index (χ2n) is 3.40. The molecule has 0 bridgehead atoms. The van der Waals surface area contributed by atoms with E-state index in [1.807, 2.05) is 0 Å². The second kappa shape index (κ2) is 3.13. The molecule has 1 aromatic rings. The molecule has 1 aliphatic carbocycles. The lowest BCUT2D eigenvalue weighted by molar-refractivity contribution is -0.385. The normalized spacial score (nSPS) is 15.5. The van der Waals surface area contributed by atoms with Crippen molar-refractivity contribution in [2.45, 2.75) is 18.8 Å². The van der Waals surface area contributed by atoms with Gasteiger partial charge in [-0.2, -0.15) is 0 Å². The Kier molecular flexibility index (Phi) is 2.07. The van der Waals surface area contributed by atoms with E-state index in [9.17, 15) is 15.2 Å². The molecule has 0 amide bonds. The van der Waals surface area contributed by atoms with Crippen LogP contribution in [0.1, 0.15) is 24.3 Å². The lowest BCUT2D eigenvalue weighted by atomic mass is 10.1. The molecule has 0 spiro atoms. The Labute approximate surface area is 85.3 Å². The number of phenolic OH excluding ortho intramolecular Hbond substituents is 1. The van der Waals surface area contributed by atoms with E-state index in [0.717, 1.165) is 18.4 Å². The fourth-order valence-electron chi connectivity index (χ4n) is 1.40. The van der Waals surface area contributed by atoms with Gasteiger partial charge in [0.05, 0.1) is 9.95 Å². The van der Waals surface area contributed by atoms with Crippen molar-refractivity contribution in [3.8, 4) is 5.75 Å². The van der Waals surface area contributed by atoms with Crippen LogP contribution in [0.5, 0.6) is 5.75 Å². The van der Waals surface area contributed by atoms with E-state index in [1.54, 1.807) is 6.07 Å². The van der Waals surface area contributed by atoms with Crippen molar-refractivity contribution in [1.82, 2.24) is 0 Å². The van der Waals surface area contributed by atoms with Gasteiger partial charge in [0.2, 0.25) is 5.75 Å². The largest absolute Gasteiger partial charge is 0.501 e. The molecule has 0 aromatic heterocycles. The van der Waals surface area contributed by atoms with Crippen LogP contribution in [0.4, 0.5) is 5.69 Å². The first kappa shape index (κ1) is 9.27. The Hall–Kier alpha value is -1.29. The van der Waals surface area contributed by atoms with Crippen LogP contribution < -0.4 is 0 Å². The molecule has 0 saturated heterocycles. The minimum atomic E-state index is -0.618. The van der Waals surface area contributed by atoms with Crippen molar-refractivity contribution in [2.75, 3.05) is 0 Å². The van der Waals surface area contributed by atoms with Gasteiger partial charge in [-0.1, -0.05) is 11.6 Å². The maximum Gasteiger partial charge on any atom is 0.312 e. The predicted octanol–water partition coefficient (Wildman–Crippen LogP) is 2.83. The number of nitro benzene ring substituents is 1. The zero-order valence-corrected chi connectivity index (χ0v) is 7.99. The summed E-state index contributed by atoms with van der Waals surface area (Å²) in [6.45, 7) is 0. The van der Waals surface area contributed by atoms with Gasteiger partial charge in [-0.3, -0.25) is 10.1 Å². The van der Waals surface area contributed by atoms with Gasteiger partial charge in [0.25, 0.3) is 0 Å². The van der Waals surface area contributed by atoms with Crippen molar-refractivity contribution in [1.29, 1.82) is 0 Å². The highest BCUT2D eigenvalue weighted by atomic mass is 35.5. The summed E-state index contributed by atoms with van der Waals surface area (Å²) in [5.41, 5.74) is 0.541. The van der Waals surface area contributed by atoms with Crippen LogP contribution in [0.2, 0.25) is 5.02 Å². The van der Waals surface area contributed by atoms with Gasteiger partial charge < -0.3 is 5.11 Å². The van der Waals surface area contributed by atoms with Crippen LogP contribution in [0.3, 0.4) is 0 Å². The molecule has 5 heteroatoms. The fraction of sp³-hybridized carbons (Fsp3) is 0.333. The Bertz CT molecular complexity index is 401. The third-order valence-electron chi connectivity index (χ3n) is 2.31. The summed E-state index contributed by atoms with van der Waals surface area (Å²) in [6.07, 6.45) is 2.08. The molecular weight excluding hydrogens is 206 g/mol. The lowest BCUT2D eigenvalue weighted by Gasteiger charge is -2.02. The van der Waals surface area contributed by atoms with Crippen LogP contribution in [0, 0.1) is 10.1 Å². The molecule has 2 rings (SSSR count). The maximum absolute atomic E-state index is 10.6. The van der Waals surface area contributed by atoms with E-state index >= 15 is 0 Å². The van der Waals surface area contributed by atoms with E-state index in [1.165, 1.54) is 6.07 Å². The number of nitro groups is 1. The molecule has 1 N–H and O–H groups in total. The van der Waals surface area contributed by atoms with Gasteiger partial charge in [-0.25, -0.2) is 0 Å². The molecule has 14 heavy (non-hydrogen) atoms. The molecule has 74 valence electrons. The number of aromatic hydroxyl groups is 1. The zero-order chi connectivity index (χ0) is 10.3. The molecule has 0 unspecified atom stereocenters. The molecule has 1 aromatic carbocycles. The van der Waals surface area contributed by atoms with Crippen molar-refractivity contribution < 1.29 is 10.0 Å². The Morgan fingerprint density at radius 3 is 2.64 bits per heavy atom. The minimum absolute atomic E-state index is 0.0566.